The van der Waals surface area contributed by atoms with Gasteiger partial charge in [-0.25, -0.2) is 0 Å². The maximum atomic E-state index is 11.1. The molecule has 0 aromatic carbocycles. The molecule has 2 aromatic heterocycles. The van der Waals surface area contributed by atoms with Crippen molar-refractivity contribution in [2.45, 2.75) is 19.9 Å². The lowest BCUT2D eigenvalue weighted by Crippen LogP contribution is -2.12. The highest BCUT2D eigenvalue weighted by molar-refractivity contribution is 7.13. The van der Waals surface area contributed by atoms with E-state index in [9.17, 15) is 4.55 Å². The van der Waals surface area contributed by atoms with Crippen molar-refractivity contribution in [3.8, 4) is 5.75 Å². The molecule has 2 heterocycles. The molecule has 0 saturated heterocycles. The van der Waals surface area contributed by atoms with E-state index in [1.165, 1.54) is 0 Å². The van der Waals surface area contributed by atoms with Gasteiger partial charge < -0.3 is 20.3 Å². The highest BCUT2D eigenvalue weighted by Crippen LogP contribution is 2.11. The zero-order valence-corrected chi connectivity index (χ0v) is 13.2. The molecule has 120 valence electrons. The second-order valence-electron chi connectivity index (χ2n) is 4.57. The molecule has 0 aliphatic carbocycles. The van der Waals surface area contributed by atoms with Crippen LogP contribution in [-0.2, 0) is 6.54 Å². The molecule has 1 unspecified atom stereocenters. The summed E-state index contributed by atoms with van der Waals surface area (Å²) < 4.78 is 22.9. The summed E-state index contributed by atoms with van der Waals surface area (Å²) in [6.45, 7) is 4.78. The molecule has 0 radical (unpaired) electrons. The Bertz CT molecular complexity index is 654. The summed E-state index contributed by atoms with van der Waals surface area (Å²) in [6, 6.07) is 1.97. The number of hydrogen-bond acceptors (Lipinski definition) is 7. The number of nitrogens with two attached hydrogens (primary N) is 1. The molecule has 1 atom stereocenters. The fraction of sp³-hybridized carbons (Fsp3) is 0.462. The highest BCUT2D eigenvalue weighted by Gasteiger charge is 2.02. The molecule has 0 aliphatic rings. The van der Waals surface area contributed by atoms with Gasteiger partial charge in [0.05, 0.1) is 12.8 Å². The van der Waals surface area contributed by atoms with Gasteiger partial charge in [0, 0.05) is 30.1 Å². The van der Waals surface area contributed by atoms with E-state index in [2.05, 4.69) is 31.0 Å². The van der Waals surface area contributed by atoms with Crippen LogP contribution in [0.3, 0.4) is 0 Å². The van der Waals surface area contributed by atoms with Crippen molar-refractivity contribution in [3.63, 3.8) is 0 Å². The van der Waals surface area contributed by atoms with Crippen molar-refractivity contribution in [2.75, 3.05) is 25.4 Å². The maximum Gasteiger partial charge on any atom is 0.229 e. The number of hydrogen-bond donors (Lipinski definition) is 3. The van der Waals surface area contributed by atoms with E-state index in [4.69, 9.17) is 10.5 Å². The second-order valence-corrected chi connectivity index (χ2v) is 5.45. The van der Waals surface area contributed by atoms with Crippen molar-refractivity contribution in [2.24, 2.45) is 4.99 Å². The first kappa shape index (κ1) is 16.4. The van der Waals surface area contributed by atoms with Crippen LogP contribution in [0.4, 0.5) is 5.82 Å². The largest absolute Gasteiger partial charge is 0.548 e. The van der Waals surface area contributed by atoms with Gasteiger partial charge >= 0.3 is 0 Å². The topological polar surface area (TPSA) is 124 Å². The summed E-state index contributed by atoms with van der Waals surface area (Å²) in [6.07, 6.45) is 4.21. The van der Waals surface area contributed by atoms with Gasteiger partial charge in [-0.05, 0) is 18.2 Å². The van der Waals surface area contributed by atoms with E-state index in [0.29, 0.717) is 25.1 Å². The number of pyridine rings is 1. The summed E-state index contributed by atoms with van der Waals surface area (Å²) in [7, 11) is 0. The third kappa shape index (κ3) is 5.10. The Morgan fingerprint density at radius 3 is 3.09 bits per heavy atom. The monoisotopic (exact) mass is 324 g/mol. The maximum absolute atomic E-state index is 11.1. The molecule has 0 aliphatic heterocycles. The van der Waals surface area contributed by atoms with Crippen LogP contribution in [-0.4, -0.2) is 38.0 Å². The van der Waals surface area contributed by atoms with Crippen LogP contribution in [0.1, 0.15) is 18.9 Å². The first-order chi connectivity index (χ1) is 10.7. The van der Waals surface area contributed by atoms with Crippen molar-refractivity contribution in [3.05, 3.63) is 29.5 Å². The minimum Gasteiger partial charge on any atom is -0.548 e. The molecule has 4 N–H and O–H groups in total. The number of anilines is 1. The van der Waals surface area contributed by atoms with E-state index in [1.807, 2.05) is 12.3 Å². The predicted octanol–water partition coefficient (Wildman–Crippen LogP) is 0.594. The summed E-state index contributed by atoms with van der Waals surface area (Å²) in [5.74, 6) is 0.920. The Hall–Kier alpha value is -1.97. The van der Waals surface area contributed by atoms with Crippen LogP contribution in [0.2, 0.25) is 0 Å². The first-order valence-electron chi connectivity index (χ1n) is 7.04. The fourth-order valence-corrected chi connectivity index (χ4v) is 2.40. The van der Waals surface area contributed by atoms with E-state index in [0.717, 1.165) is 24.4 Å². The minimum absolute atomic E-state index is 0.180. The lowest BCUT2D eigenvalue weighted by Gasteiger charge is -2.07. The number of aromatic amines is 1. The van der Waals surface area contributed by atoms with E-state index >= 15 is 0 Å². The molecule has 0 bridgehead atoms. The Morgan fingerprint density at radius 2 is 2.36 bits per heavy atom. The average Bonchev–Trinajstić information content (AvgIpc) is 2.83. The van der Waals surface area contributed by atoms with Crippen LogP contribution in [0, 0.1) is 0 Å². The van der Waals surface area contributed by atoms with Gasteiger partial charge in [0.15, 0.2) is 11.1 Å². The van der Waals surface area contributed by atoms with Crippen LogP contribution in [0.25, 0.3) is 0 Å². The smallest absolute Gasteiger partial charge is 0.229 e. The summed E-state index contributed by atoms with van der Waals surface area (Å²) in [4.78, 5) is 8.34. The standard InChI is InChI=1S/C13H20N6O2S/c1-2-15-7-10-6-11(9-16-8-10)21-5-3-4-17-13-12(14)18-22(20)19-13/h6,8-9,15H,2-5,7H2,1H3,(H2,14,18)(H,17,19). The number of rotatable bonds is 8. The van der Waals surface area contributed by atoms with Crippen LogP contribution < -0.4 is 21.3 Å². The highest BCUT2D eigenvalue weighted by atomic mass is 32.2. The molecule has 9 heteroatoms. The van der Waals surface area contributed by atoms with Gasteiger partial charge in [-0.1, -0.05) is 6.92 Å². The SMILES string of the molecule is CCNCc1cncc(OCCCN=c2[nH][s+]([O-])nc2N)c1. The number of aromatic nitrogens is 3. The summed E-state index contributed by atoms with van der Waals surface area (Å²) in [5, 5.41) is 3.24. The first-order valence-corrected chi connectivity index (χ1v) is 8.14. The average molecular weight is 324 g/mol. The molecule has 2 aromatic rings. The summed E-state index contributed by atoms with van der Waals surface area (Å²) >= 11 is -1.49. The lowest BCUT2D eigenvalue weighted by molar-refractivity contribution is 0.311. The Balaban J connectivity index is 1.77. The van der Waals surface area contributed by atoms with Gasteiger partial charge in [-0.15, -0.1) is 4.37 Å². The Labute approximate surface area is 131 Å². The molecule has 0 amide bonds. The third-order valence-corrected chi connectivity index (χ3v) is 3.53. The van der Waals surface area contributed by atoms with Crippen LogP contribution >= 0.6 is 11.1 Å². The van der Waals surface area contributed by atoms with Crippen molar-refractivity contribution in [1.29, 1.82) is 0 Å². The van der Waals surface area contributed by atoms with E-state index < -0.39 is 11.1 Å². The lowest BCUT2D eigenvalue weighted by atomic mass is 10.3. The fourth-order valence-electron chi connectivity index (χ4n) is 1.76. The third-order valence-electron chi connectivity index (χ3n) is 2.80. The van der Waals surface area contributed by atoms with Crippen molar-refractivity contribution >= 4 is 17.0 Å². The van der Waals surface area contributed by atoms with Gasteiger partial charge in [0.2, 0.25) is 11.3 Å². The zero-order valence-electron chi connectivity index (χ0n) is 12.4. The Morgan fingerprint density at radius 1 is 1.50 bits per heavy atom. The number of H-pyrrole nitrogens is 1. The number of nitrogens with zero attached hydrogens (tertiary/aromatic N) is 3. The number of ether oxygens (including phenoxy) is 1. The van der Waals surface area contributed by atoms with E-state index in [1.54, 1.807) is 6.20 Å². The van der Waals surface area contributed by atoms with E-state index in [-0.39, 0.29) is 5.82 Å². The normalized spacial score (nSPS) is 12.6. The quantitative estimate of drug-likeness (QED) is 0.482. The predicted molar refractivity (Wildman–Crippen MR) is 83.8 cm³/mol. The van der Waals surface area contributed by atoms with Gasteiger partial charge in [0.1, 0.15) is 5.75 Å². The van der Waals surface area contributed by atoms with Crippen LogP contribution in [0.15, 0.2) is 23.5 Å². The Kier molecular flexibility index (Phi) is 6.31. The van der Waals surface area contributed by atoms with Gasteiger partial charge in [0.25, 0.3) is 0 Å². The molecule has 8 nitrogen and oxygen atoms in total. The molecule has 22 heavy (non-hydrogen) atoms. The van der Waals surface area contributed by atoms with Crippen LogP contribution in [0.5, 0.6) is 5.75 Å². The van der Waals surface area contributed by atoms with Crippen molar-refractivity contribution in [1.82, 2.24) is 19.0 Å². The molecular weight excluding hydrogens is 304 g/mol. The number of nitrogen functional groups attached to an aromatic ring is 1. The second kappa shape index (κ2) is 8.47. The summed E-state index contributed by atoms with van der Waals surface area (Å²) in [5.41, 5.74) is 7.02. The minimum atomic E-state index is -1.49. The van der Waals surface area contributed by atoms with Gasteiger partial charge in [-0.3, -0.25) is 9.98 Å². The van der Waals surface area contributed by atoms with Gasteiger partial charge in [-0.2, -0.15) is 0 Å². The molecule has 2 rings (SSSR count). The van der Waals surface area contributed by atoms with Crippen molar-refractivity contribution < 1.29 is 9.29 Å². The molecule has 0 saturated carbocycles. The molecular formula is C13H20N6O2S. The zero-order chi connectivity index (χ0) is 15.8. The molecule has 0 spiro atoms. The number of nitrogens with one attached hydrogen (secondary N) is 2. The molecule has 0 fully saturated rings.